The molecule has 3 fully saturated rings. The number of rotatable bonds is 3. The standard InChI is InChI=1S/C16H19NO3/c1-9-6-11(9)12-3-4-13(20-12)15(18)16(8-17)7-10-2-5-14(16)19-10/h3-4,9-11,14-15,18H,2,5-7H2,1H3. The van der Waals surface area contributed by atoms with Crippen LogP contribution in [-0.4, -0.2) is 17.3 Å². The van der Waals surface area contributed by atoms with Crippen molar-refractivity contribution in [1.29, 1.82) is 5.26 Å². The van der Waals surface area contributed by atoms with Crippen LogP contribution in [-0.2, 0) is 4.74 Å². The van der Waals surface area contributed by atoms with Crippen molar-refractivity contribution in [3.63, 3.8) is 0 Å². The summed E-state index contributed by atoms with van der Waals surface area (Å²) in [5, 5.41) is 20.3. The fourth-order valence-corrected chi connectivity index (χ4v) is 3.90. The quantitative estimate of drug-likeness (QED) is 0.919. The Hall–Kier alpha value is -1.31. The largest absolute Gasteiger partial charge is 0.463 e. The molecular weight excluding hydrogens is 254 g/mol. The van der Waals surface area contributed by atoms with Crippen molar-refractivity contribution in [2.45, 2.75) is 56.8 Å². The van der Waals surface area contributed by atoms with Gasteiger partial charge in [0, 0.05) is 5.92 Å². The van der Waals surface area contributed by atoms with Crippen LogP contribution in [0.2, 0.25) is 0 Å². The van der Waals surface area contributed by atoms with Crippen molar-refractivity contribution in [3.8, 4) is 6.07 Å². The second-order valence-electron chi connectivity index (χ2n) is 6.64. The average Bonchev–Trinajstić information content (AvgIpc) is 2.95. The lowest BCUT2D eigenvalue weighted by molar-refractivity contribution is -0.00807. The Morgan fingerprint density at radius 3 is 2.80 bits per heavy atom. The second kappa shape index (κ2) is 4.09. The highest BCUT2D eigenvalue weighted by Gasteiger charge is 2.58. The molecule has 0 spiro atoms. The summed E-state index contributed by atoms with van der Waals surface area (Å²) in [5.74, 6) is 2.63. The van der Waals surface area contributed by atoms with Gasteiger partial charge in [-0.25, -0.2) is 0 Å². The van der Waals surface area contributed by atoms with Crippen LogP contribution in [0.4, 0.5) is 0 Å². The molecule has 4 heteroatoms. The van der Waals surface area contributed by atoms with Gasteiger partial charge < -0.3 is 14.3 Å². The Bertz CT molecular complexity index is 575. The molecule has 0 amide bonds. The maximum absolute atomic E-state index is 10.7. The molecule has 106 valence electrons. The Labute approximate surface area is 118 Å². The first-order chi connectivity index (χ1) is 9.64. The molecule has 1 aliphatic carbocycles. The topological polar surface area (TPSA) is 66.4 Å². The minimum absolute atomic E-state index is 0.132. The summed E-state index contributed by atoms with van der Waals surface area (Å²) in [6.45, 7) is 2.20. The number of hydrogen-bond donors (Lipinski definition) is 1. The highest BCUT2D eigenvalue weighted by molar-refractivity contribution is 5.24. The van der Waals surface area contributed by atoms with E-state index in [9.17, 15) is 10.4 Å². The summed E-state index contributed by atoms with van der Waals surface area (Å²) in [6.07, 6.45) is 2.73. The van der Waals surface area contributed by atoms with Crippen molar-refractivity contribution >= 4 is 0 Å². The highest BCUT2D eigenvalue weighted by atomic mass is 16.5. The van der Waals surface area contributed by atoms with E-state index in [1.54, 1.807) is 0 Å². The summed E-state index contributed by atoms with van der Waals surface area (Å²) in [5.41, 5.74) is -0.826. The summed E-state index contributed by atoms with van der Waals surface area (Å²) >= 11 is 0. The van der Waals surface area contributed by atoms with E-state index in [4.69, 9.17) is 9.15 Å². The molecule has 3 heterocycles. The van der Waals surface area contributed by atoms with Crippen LogP contribution in [0.15, 0.2) is 16.5 Å². The minimum atomic E-state index is -0.884. The zero-order valence-electron chi connectivity index (χ0n) is 11.6. The van der Waals surface area contributed by atoms with Crippen molar-refractivity contribution in [3.05, 3.63) is 23.7 Å². The predicted molar refractivity (Wildman–Crippen MR) is 70.7 cm³/mol. The molecule has 4 rings (SSSR count). The van der Waals surface area contributed by atoms with Crippen LogP contribution >= 0.6 is 0 Å². The van der Waals surface area contributed by atoms with Crippen LogP contribution < -0.4 is 0 Å². The summed E-state index contributed by atoms with van der Waals surface area (Å²) in [4.78, 5) is 0. The van der Waals surface area contributed by atoms with Gasteiger partial charge in [0.15, 0.2) is 0 Å². The van der Waals surface area contributed by atoms with Crippen LogP contribution in [0.3, 0.4) is 0 Å². The Balaban J connectivity index is 1.61. The number of aliphatic hydroxyl groups excluding tert-OH is 1. The molecule has 2 saturated heterocycles. The summed E-state index contributed by atoms with van der Waals surface area (Å²) in [6, 6.07) is 6.11. The molecule has 0 radical (unpaired) electrons. The first kappa shape index (κ1) is 12.4. The molecule has 0 aromatic carbocycles. The van der Waals surface area contributed by atoms with E-state index < -0.39 is 11.5 Å². The van der Waals surface area contributed by atoms with Gasteiger partial charge in [-0.15, -0.1) is 0 Å². The van der Waals surface area contributed by atoms with Gasteiger partial charge in [-0.2, -0.15) is 5.26 Å². The van der Waals surface area contributed by atoms with Crippen molar-refractivity contribution in [1.82, 2.24) is 0 Å². The summed E-state index contributed by atoms with van der Waals surface area (Å²) < 4.78 is 11.6. The van der Waals surface area contributed by atoms with E-state index in [-0.39, 0.29) is 12.2 Å². The second-order valence-corrected chi connectivity index (χ2v) is 6.64. The van der Waals surface area contributed by atoms with E-state index in [0.717, 1.165) is 25.0 Å². The van der Waals surface area contributed by atoms with Gasteiger partial charge >= 0.3 is 0 Å². The smallest absolute Gasteiger partial charge is 0.134 e. The fraction of sp³-hybridized carbons (Fsp3) is 0.688. The summed E-state index contributed by atoms with van der Waals surface area (Å²) in [7, 11) is 0. The van der Waals surface area contributed by atoms with Crippen LogP contribution in [0.1, 0.15) is 56.1 Å². The van der Waals surface area contributed by atoms with E-state index in [2.05, 4.69) is 13.0 Å². The van der Waals surface area contributed by atoms with Crippen molar-refractivity contribution in [2.75, 3.05) is 0 Å². The maximum atomic E-state index is 10.7. The number of furan rings is 1. The van der Waals surface area contributed by atoms with Crippen LogP contribution in [0.25, 0.3) is 0 Å². The monoisotopic (exact) mass is 273 g/mol. The predicted octanol–water partition coefficient (Wildman–Crippen LogP) is 2.90. The first-order valence-corrected chi connectivity index (χ1v) is 7.48. The molecular formula is C16H19NO3. The SMILES string of the molecule is CC1CC1c1ccc(C(O)C2(C#N)CC3CCC2O3)o1. The molecule has 20 heavy (non-hydrogen) atoms. The van der Waals surface area contributed by atoms with Crippen LogP contribution in [0.5, 0.6) is 0 Å². The molecule has 1 aromatic heterocycles. The van der Waals surface area contributed by atoms with Crippen LogP contribution in [0, 0.1) is 22.7 Å². The molecule has 2 bridgehead atoms. The molecule has 1 N–H and O–H groups in total. The third kappa shape index (κ3) is 1.60. The number of ether oxygens (including phenoxy) is 1. The Morgan fingerprint density at radius 1 is 1.45 bits per heavy atom. The lowest BCUT2D eigenvalue weighted by Crippen LogP contribution is -2.37. The molecule has 6 atom stereocenters. The molecule has 3 aliphatic rings. The van der Waals surface area contributed by atoms with Gasteiger partial charge in [0.05, 0.1) is 18.3 Å². The third-order valence-electron chi connectivity index (χ3n) is 5.34. The molecule has 6 unspecified atom stereocenters. The van der Waals surface area contributed by atoms with Crippen molar-refractivity contribution in [2.24, 2.45) is 11.3 Å². The van der Waals surface area contributed by atoms with E-state index in [1.807, 2.05) is 12.1 Å². The Kier molecular flexibility index (Phi) is 2.55. The Morgan fingerprint density at radius 2 is 2.25 bits per heavy atom. The molecule has 1 saturated carbocycles. The number of fused-ring (bicyclic) bond motifs is 2. The molecule has 2 aliphatic heterocycles. The first-order valence-electron chi connectivity index (χ1n) is 7.48. The third-order valence-corrected chi connectivity index (χ3v) is 5.34. The molecule has 1 aromatic rings. The lowest BCUT2D eigenvalue weighted by Gasteiger charge is -2.31. The highest BCUT2D eigenvalue weighted by Crippen LogP contribution is 2.55. The normalized spacial score (nSPS) is 43.5. The zero-order valence-corrected chi connectivity index (χ0v) is 11.6. The van der Waals surface area contributed by atoms with Gasteiger partial charge in [0.1, 0.15) is 23.0 Å². The van der Waals surface area contributed by atoms with E-state index in [1.165, 1.54) is 0 Å². The fourth-order valence-electron chi connectivity index (χ4n) is 3.90. The number of nitriles is 1. The van der Waals surface area contributed by atoms with Gasteiger partial charge in [-0.05, 0) is 43.7 Å². The van der Waals surface area contributed by atoms with E-state index in [0.29, 0.717) is 24.0 Å². The molecule has 4 nitrogen and oxygen atoms in total. The number of nitrogens with zero attached hydrogens (tertiary/aromatic N) is 1. The number of hydrogen-bond acceptors (Lipinski definition) is 4. The average molecular weight is 273 g/mol. The van der Waals surface area contributed by atoms with Gasteiger partial charge in [-0.3, -0.25) is 0 Å². The van der Waals surface area contributed by atoms with Gasteiger partial charge in [0.2, 0.25) is 0 Å². The van der Waals surface area contributed by atoms with Gasteiger partial charge in [-0.1, -0.05) is 6.92 Å². The van der Waals surface area contributed by atoms with Gasteiger partial charge in [0.25, 0.3) is 0 Å². The number of aliphatic hydroxyl groups is 1. The van der Waals surface area contributed by atoms with E-state index >= 15 is 0 Å². The van der Waals surface area contributed by atoms with Crippen molar-refractivity contribution < 1.29 is 14.3 Å². The lowest BCUT2D eigenvalue weighted by atomic mass is 9.70. The minimum Gasteiger partial charge on any atom is -0.463 e. The zero-order chi connectivity index (χ0) is 13.9. The maximum Gasteiger partial charge on any atom is 0.134 e.